The van der Waals surface area contributed by atoms with E-state index in [0.717, 1.165) is 5.69 Å². The van der Waals surface area contributed by atoms with E-state index in [4.69, 9.17) is 26.1 Å². The van der Waals surface area contributed by atoms with Crippen LogP contribution in [0.2, 0.25) is 5.02 Å². The number of ketones is 1. The van der Waals surface area contributed by atoms with Crippen molar-refractivity contribution in [1.82, 2.24) is 25.0 Å². The van der Waals surface area contributed by atoms with Crippen molar-refractivity contribution in [3.8, 4) is 11.5 Å². The number of hydrogen-bond donors (Lipinski definition) is 1. The maximum absolute atomic E-state index is 14.1. The number of amidine groups is 1. The zero-order valence-corrected chi connectivity index (χ0v) is 33.9. The second-order valence-electron chi connectivity index (χ2n) is 14.4. The summed E-state index contributed by atoms with van der Waals surface area (Å²) in [5.74, 6) is 0.598. The number of anilines is 1. The van der Waals surface area contributed by atoms with Crippen LogP contribution in [0.15, 0.2) is 94.6 Å². The molecule has 1 N–H and O–H groups in total. The van der Waals surface area contributed by atoms with E-state index >= 15 is 0 Å². The van der Waals surface area contributed by atoms with Crippen molar-refractivity contribution in [2.45, 2.75) is 37.8 Å². The fourth-order valence-corrected chi connectivity index (χ4v) is 8.15. The molecule has 2 saturated heterocycles. The molecule has 3 aliphatic rings. The predicted octanol–water partition coefficient (Wildman–Crippen LogP) is 6.70. The lowest BCUT2D eigenvalue weighted by Crippen LogP contribution is -2.53. The average Bonchev–Trinajstić information content (AvgIpc) is 3.88. The Hall–Kier alpha value is -5.64. The molecule has 4 aromatic rings. The summed E-state index contributed by atoms with van der Waals surface area (Å²) in [4.78, 5) is 68.1. The number of unbranched alkanes of at least 4 members (excludes halogenated alkanes) is 1. The third-order valence-corrected chi connectivity index (χ3v) is 11.5. The molecule has 0 unspecified atom stereocenters. The number of aliphatic imine (C=N–C) groups is 1. The number of rotatable bonds is 14. The Balaban J connectivity index is 0.991. The van der Waals surface area contributed by atoms with E-state index in [2.05, 4.69) is 15.2 Å². The van der Waals surface area contributed by atoms with Crippen LogP contribution >= 0.6 is 22.9 Å². The zero-order chi connectivity index (χ0) is 40.9. The minimum absolute atomic E-state index is 0.0211. The van der Waals surface area contributed by atoms with Crippen LogP contribution in [0.1, 0.15) is 52.7 Å². The largest absolute Gasteiger partial charge is 0.466 e. The van der Waals surface area contributed by atoms with Gasteiger partial charge in [0, 0.05) is 98.8 Å². The van der Waals surface area contributed by atoms with Gasteiger partial charge in [0.25, 0.3) is 0 Å². The fraction of sp³-hybridized carbons (Fsp3) is 0.333. The topological polar surface area (TPSA) is 137 Å². The van der Waals surface area contributed by atoms with Crippen LogP contribution in [0.5, 0.6) is 11.5 Å². The number of halogens is 2. The van der Waals surface area contributed by atoms with Gasteiger partial charge in [-0.15, -0.1) is 11.3 Å². The number of piperazine rings is 1. The third kappa shape index (κ3) is 9.06. The zero-order valence-electron chi connectivity index (χ0n) is 32.3. The number of fused-ring (bicyclic) bond motifs is 1. The number of Topliss-reactive ketones (excluding diaryl/α,β-unsaturated/α-hetero) is 1. The summed E-state index contributed by atoms with van der Waals surface area (Å²) in [6, 6.07) is 17.2. The minimum Gasteiger partial charge on any atom is -0.466 e. The first kappa shape index (κ1) is 40.6. The van der Waals surface area contributed by atoms with E-state index in [1.54, 1.807) is 66.5 Å². The number of urea groups is 1. The molecule has 0 spiro atoms. The van der Waals surface area contributed by atoms with Crippen LogP contribution in [0.25, 0.3) is 0 Å². The number of nitrogens with zero attached hydrogens (tertiary/aromatic N) is 6. The van der Waals surface area contributed by atoms with Gasteiger partial charge in [-0.1, -0.05) is 17.7 Å². The number of benzene rings is 3. The fourth-order valence-electron chi connectivity index (χ4n) is 7.29. The molecular formula is C42H43ClFN7O6S. The molecule has 1 aromatic heterocycles. The highest BCUT2D eigenvalue weighted by Crippen LogP contribution is 2.37. The first-order chi connectivity index (χ1) is 28.0. The molecule has 4 heterocycles. The van der Waals surface area contributed by atoms with E-state index in [0.29, 0.717) is 97.6 Å². The standard InChI is InChI=1S/C42H43ClFN7O6S/c1-48(2)36(53)7-5-4-6-35(52)26-8-13-30(14-9-26)57-31-15-11-28(12-16-31)51-24-29-23-49(19-20-50(29)42(51)55)25-34-37(41(54)56-3)38(32-17-10-27(44)22-33(32)43)47-39(46-34)40-45-18-21-58-40/h8-18,21-22,29,38H,4-7,19-20,23-25H2,1-3H3,(H,46,47)/t29-,38-/m0/s1. The molecular weight excluding hydrogens is 785 g/mol. The molecule has 16 heteroatoms. The molecule has 0 aliphatic carbocycles. The van der Waals surface area contributed by atoms with E-state index in [1.807, 2.05) is 22.4 Å². The van der Waals surface area contributed by atoms with E-state index in [9.17, 15) is 23.6 Å². The Labute approximate surface area is 344 Å². The van der Waals surface area contributed by atoms with Crippen molar-refractivity contribution in [1.29, 1.82) is 0 Å². The Morgan fingerprint density at radius 3 is 2.38 bits per heavy atom. The summed E-state index contributed by atoms with van der Waals surface area (Å²) in [6.45, 7) is 2.37. The van der Waals surface area contributed by atoms with Crippen LogP contribution in [0, 0.1) is 5.82 Å². The van der Waals surface area contributed by atoms with E-state index < -0.39 is 17.8 Å². The smallest absolute Gasteiger partial charge is 0.338 e. The molecule has 3 amide bonds. The molecule has 3 aromatic carbocycles. The number of carbonyl (C=O) groups excluding carboxylic acids is 4. The number of esters is 1. The molecule has 0 radical (unpaired) electrons. The Morgan fingerprint density at radius 1 is 0.983 bits per heavy atom. The number of nitrogens with one attached hydrogen (secondary N) is 1. The molecule has 7 rings (SSSR count). The van der Waals surface area contributed by atoms with Gasteiger partial charge in [0.1, 0.15) is 23.4 Å². The predicted molar refractivity (Wildman–Crippen MR) is 219 cm³/mol. The lowest BCUT2D eigenvalue weighted by Gasteiger charge is -2.38. The van der Waals surface area contributed by atoms with Crippen LogP contribution in [0.3, 0.4) is 0 Å². The van der Waals surface area contributed by atoms with Gasteiger partial charge in [0.05, 0.1) is 18.7 Å². The van der Waals surface area contributed by atoms with Crippen molar-refractivity contribution in [3.05, 3.63) is 117 Å². The minimum atomic E-state index is -0.871. The summed E-state index contributed by atoms with van der Waals surface area (Å²) in [7, 11) is 4.75. The van der Waals surface area contributed by atoms with Gasteiger partial charge in [-0.25, -0.2) is 19.0 Å². The molecule has 302 valence electrons. The summed E-state index contributed by atoms with van der Waals surface area (Å²) < 4.78 is 25.4. The first-order valence-electron chi connectivity index (χ1n) is 18.9. The summed E-state index contributed by atoms with van der Waals surface area (Å²) >= 11 is 7.91. The van der Waals surface area contributed by atoms with Gasteiger partial charge in [-0.05, 0) is 73.5 Å². The average molecular weight is 828 g/mol. The first-order valence-corrected chi connectivity index (χ1v) is 20.2. The van der Waals surface area contributed by atoms with Gasteiger partial charge in [-0.3, -0.25) is 24.4 Å². The molecule has 0 saturated carbocycles. The van der Waals surface area contributed by atoms with Crippen molar-refractivity contribution in [3.63, 3.8) is 0 Å². The second-order valence-corrected chi connectivity index (χ2v) is 15.7. The van der Waals surface area contributed by atoms with Gasteiger partial charge < -0.3 is 24.6 Å². The number of methoxy groups -OCH3 is 1. The summed E-state index contributed by atoms with van der Waals surface area (Å²) in [6.07, 6.45) is 3.78. The molecule has 2 fully saturated rings. The second kappa shape index (κ2) is 17.9. The lowest BCUT2D eigenvalue weighted by molar-refractivity contribution is -0.136. The number of carbonyl (C=O) groups is 4. The van der Waals surface area contributed by atoms with Crippen molar-refractivity contribution >= 4 is 58.2 Å². The van der Waals surface area contributed by atoms with Gasteiger partial charge in [0.15, 0.2) is 16.6 Å². The van der Waals surface area contributed by atoms with Crippen LogP contribution in [-0.2, 0) is 14.3 Å². The van der Waals surface area contributed by atoms with Crippen LogP contribution < -0.4 is 15.0 Å². The lowest BCUT2D eigenvalue weighted by atomic mass is 9.95. The third-order valence-electron chi connectivity index (χ3n) is 10.3. The SMILES string of the molecule is COC(=O)C1=C(CN2CCN3C(=O)N(c4ccc(Oc5ccc(C(=O)CCCCC(=O)N(C)C)cc5)cc4)C[C@@H]3C2)NC(c2nccs2)=N[C@H]1c1ccc(F)cc1Cl. The van der Waals surface area contributed by atoms with Gasteiger partial charge in [0.2, 0.25) is 5.91 Å². The molecule has 2 atom stereocenters. The van der Waals surface area contributed by atoms with Crippen molar-refractivity contribution in [2.24, 2.45) is 4.99 Å². The molecule has 0 bridgehead atoms. The number of thiazole rings is 1. The molecule has 13 nitrogen and oxygen atoms in total. The van der Waals surface area contributed by atoms with Crippen LogP contribution in [0.4, 0.5) is 14.9 Å². The van der Waals surface area contributed by atoms with Gasteiger partial charge in [-0.2, -0.15) is 0 Å². The maximum Gasteiger partial charge on any atom is 0.338 e. The van der Waals surface area contributed by atoms with E-state index in [1.165, 1.54) is 36.6 Å². The summed E-state index contributed by atoms with van der Waals surface area (Å²) in [5.41, 5.74) is 2.61. The Bertz CT molecular complexity index is 2230. The van der Waals surface area contributed by atoms with E-state index in [-0.39, 0.29) is 34.4 Å². The van der Waals surface area contributed by atoms with Crippen molar-refractivity contribution in [2.75, 3.05) is 58.8 Å². The Morgan fingerprint density at radius 2 is 1.71 bits per heavy atom. The molecule has 58 heavy (non-hydrogen) atoms. The maximum atomic E-state index is 14.1. The molecule has 3 aliphatic heterocycles. The highest BCUT2D eigenvalue weighted by atomic mass is 35.5. The Kier molecular flexibility index (Phi) is 12.5. The summed E-state index contributed by atoms with van der Waals surface area (Å²) in [5, 5.41) is 5.91. The number of amides is 3. The monoisotopic (exact) mass is 827 g/mol. The number of aromatic nitrogens is 1. The normalized spacial score (nSPS) is 18.1. The van der Waals surface area contributed by atoms with Crippen LogP contribution in [-0.4, -0.2) is 109 Å². The number of hydrogen-bond acceptors (Lipinski definition) is 11. The van der Waals surface area contributed by atoms with Crippen molar-refractivity contribution < 1.29 is 33.0 Å². The van der Waals surface area contributed by atoms with Gasteiger partial charge >= 0.3 is 12.0 Å². The highest BCUT2D eigenvalue weighted by molar-refractivity contribution is 7.11. The number of ether oxygens (including phenoxy) is 2. The quantitative estimate of drug-likeness (QED) is 0.0837. The highest BCUT2D eigenvalue weighted by Gasteiger charge is 2.42.